The molecule has 0 radical (unpaired) electrons. The van der Waals surface area contributed by atoms with Crippen LogP contribution in [0.25, 0.3) is 0 Å². The Morgan fingerprint density at radius 3 is 2.45 bits per heavy atom. The van der Waals surface area contributed by atoms with Crippen molar-refractivity contribution in [2.24, 2.45) is 4.99 Å². The van der Waals surface area contributed by atoms with E-state index in [1.54, 1.807) is 0 Å². The summed E-state index contributed by atoms with van der Waals surface area (Å²) in [5, 5.41) is 5.64. The molecule has 0 aromatic heterocycles. The lowest BCUT2D eigenvalue weighted by Crippen LogP contribution is -2.36. The van der Waals surface area contributed by atoms with Gasteiger partial charge in [-0.25, -0.2) is 13.7 Å². The van der Waals surface area contributed by atoms with E-state index in [4.69, 9.17) is 9.47 Å². The first kappa shape index (κ1) is 38.3. The maximum atomic E-state index is 15.3. The molecule has 0 unspecified atom stereocenters. The molecule has 2 atom stereocenters. The summed E-state index contributed by atoms with van der Waals surface area (Å²) in [7, 11) is 3.21. The number of rotatable bonds is 12. The number of carbonyl (C=O) groups is 1. The summed E-state index contributed by atoms with van der Waals surface area (Å²) >= 11 is 1.44. The second kappa shape index (κ2) is 17.9. The number of allylic oxidation sites excluding steroid dienone is 2. The molecule has 1 aliphatic carbocycles. The largest absolute Gasteiger partial charge is 0.495 e. The second-order valence-electron chi connectivity index (χ2n) is 12.2. The third kappa shape index (κ3) is 10.2. The molecule has 1 fully saturated rings. The smallest absolute Gasteiger partial charge is 0.421 e. The van der Waals surface area contributed by atoms with Gasteiger partial charge in [-0.05, 0) is 63.4 Å². The lowest BCUT2D eigenvalue weighted by Gasteiger charge is -2.29. The fraction of sp³-hybridized carbons (Fsp3) is 0.500. The molecule has 0 spiro atoms. The molecule has 1 heterocycles. The SMILES string of the molecule is C=C/C(=C(\N=C(/C)Nc1cc(F)c(C(=O)NCCN2CCCCCCCC2)cc1OC)O[C@@H]1Cc2ccccc2[C@H]1N(C)SC)C(F)(F)F. The Kier molecular flexibility index (Phi) is 14.0. The molecule has 0 saturated carbocycles. The number of fused-ring (bicyclic) bond motifs is 1. The van der Waals surface area contributed by atoms with Gasteiger partial charge >= 0.3 is 6.18 Å². The number of likely N-dealkylation sites (N-methyl/N-ethyl adjacent to an activating group) is 1. The van der Waals surface area contributed by atoms with Gasteiger partial charge in [-0.2, -0.15) is 13.2 Å². The van der Waals surface area contributed by atoms with Gasteiger partial charge in [0.1, 0.15) is 29.1 Å². The zero-order chi connectivity index (χ0) is 35.6. The van der Waals surface area contributed by atoms with Crippen molar-refractivity contribution in [2.75, 3.05) is 51.9 Å². The average Bonchev–Trinajstić information content (AvgIpc) is 3.48. The number of hydrogen-bond donors (Lipinski definition) is 2. The summed E-state index contributed by atoms with van der Waals surface area (Å²) in [6.07, 6.45) is 4.59. The molecule has 8 nitrogen and oxygen atoms in total. The van der Waals surface area contributed by atoms with Crippen LogP contribution in [0.1, 0.15) is 73.0 Å². The third-order valence-corrected chi connectivity index (χ3v) is 9.66. The van der Waals surface area contributed by atoms with Gasteiger partial charge in [0.15, 0.2) is 0 Å². The minimum Gasteiger partial charge on any atom is -0.495 e. The van der Waals surface area contributed by atoms with Gasteiger partial charge in [-0.15, -0.1) is 0 Å². The van der Waals surface area contributed by atoms with Crippen molar-refractivity contribution in [3.63, 3.8) is 0 Å². The molecule has 2 N–H and O–H groups in total. The predicted molar refractivity (Wildman–Crippen MR) is 188 cm³/mol. The fourth-order valence-corrected chi connectivity index (χ4v) is 6.79. The Bertz CT molecular complexity index is 1510. The molecule has 13 heteroatoms. The Labute approximate surface area is 291 Å². The summed E-state index contributed by atoms with van der Waals surface area (Å²) in [5.74, 6) is -1.99. The van der Waals surface area contributed by atoms with Crippen molar-refractivity contribution < 1.29 is 31.8 Å². The number of nitrogens with one attached hydrogen (secondary N) is 2. The number of methoxy groups -OCH3 is 1. The molecular formula is C36H47F4N5O3S. The Hall–Kier alpha value is -3.55. The van der Waals surface area contributed by atoms with Crippen LogP contribution in [0.4, 0.5) is 23.2 Å². The predicted octanol–water partition coefficient (Wildman–Crippen LogP) is 7.90. The molecule has 2 aliphatic rings. The highest BCUT2D eigenvalue weighted by molar-refractivity contribution is 7.96. The number of alkyl halides is 3. The van der Waals surface area contributed by atoms with Crippen molar-refractivity contribution in [1.29, 1.82) is 0 Å². The maximum Gasteiger partial charge on any atom is 0.421 e. The molecule has 4 rings (SSSR count). The van der Waals surface area contributed by atoms with Gasteiger partial charge in [0.05, 0.1) is 24.4 Å². The van der Waals surface area contributed by atoms with Crippen molar-refractivity contribution >= 4 is 29.4 Å². The van der Waals surface area contributed by atoms with Crippen molar-refractivity contribution in [3.8, 4) is 5.75 Å². The van der Waals surface area contributed by atoms with E-state index < -0.39 is 35.5 Å². The molecule has 2 aromatic rings. The fourth-order valence-electron chi connectivity index (χ4n) is 6.31. The third-order valence-electron chi connectivity index (χ3n) is 8.86. The van der Waals surface area contributed by atoms with Gasteiger partial charge in [-0.3, -0.25) is 4.79 Å². The molecule has 2 aromatic carbocycles. The van der Waals surface area contributed by atoms with Crippen LogP contribution in [0.2, 0.25) is 0 Å². The van der Waals surface area contributed by atoms with E-state index in [0.29, 0.717) is 25.6 Å². The Morgan fingerprint density at radius 1 is 1.14 bits per heavy atom. The van der Waals surface area contributed by atoms with Crippen LogP contribution in [-0.2, 0) is 11.2 Å². The summed E-state index contributed by atoms with van der Waals surface area (Å²) in [6, 6.07) is 9.62. The summed E-state index contributed by atoms with van der Waals surface area (Å²) in [6.45, 7) is 7.79. The summed E-state index contributed by atoms with van der Waals surface area (Å²) < 4.78 is 71.5. The number of amidine groups is 1. The summed E-state index contributed by atoms with van der Waals surface area (Å²) in [4.78, 5) is 19.5. The standard InChI is InChI=1S/C36H47F4N5O3S/c1-6-28(36(38,39)40)35(48-32-21-25-15-11-12-16-26(25)33(32)44(3)49-5)43-24(2)42-30-23-29(37)27(22-31(30)47-4)34(46)41-17-20-45-18-13-9-7-8-10-14-19-45/h6,11-12,15-16,22-23,32-33H,1,7-10,13-14,17-21H2,2-5H3,(H,41,46)(H,42,43)/b35-28-/t32-,33-/m1/s1. The van der Waals surface area contributed by atoms with Crippen molar-refractivity contribution in [1.82, 2.24) is 14.5 Å². The number of halogens is 4. The number of amides is 1. The van der Waals surface area contributed by atoms with Gasteiger partial charge in [0, 0.05) is 25.6 Å². The van der Waals surface area contributed by atoms with Crippen LogP contribution < -0.4 is 15.4 Å². The highest BCUT2D eigenvalue weighted by atomic mass is 32.2. The van der Waals surface area contributed by atoms with Gasteiger partial charge in [0.2, 0.25) is 5.88 Å². The zero-order valence-electron chi connectivity index (χ0n) is 28.7. The van der Waals surface area contributed by atoms with Gasteiger partial charge in [0.25, 0.3) is 5.91 Å². The van der Waals surface area contributed by atoms with Crippen LogP contribution in [0.3, 0.4) is 0 Å². The Balaban J connectivity index is 1.53. The van der Waals surface area contributed by atoms with Crippen LogP contribution in [0, 0.1) is 5.82 Å². The first-order valence-corrected chi connectivity index (χ1v) is 17.8. The van der Waals surface area contributed by atoms with Crippen LogP contribution in [0.15, 0.2) is 65.5 Å². The van der Waals surface area contributed by atoms with E-state index in [1.807, 2.05) is 41.9 Å². The minimum atomic E-state index is -4.81. The first-order chi connectivity index (χ1) is 23.5. The highest BCUT2D eigenvalue weighted by Gasteiger charge is 2.41. The number of aliphatic imine (C=N–C) groups is 1. The lowest BCUT2D eigenvalue weighted by atomic mass is 10.1. The normalized spacial score (nSPS) is 19.7. The molecular weight excluding hydrogens is 658 g/mol. The van der Waals surface area contributed by atoms with Gasteiger partial charge in [-0.1, -0.05) is 74.6 Å². The van der Waals surface area contributed by atoms with Crippen molar-refractivity contribution in [3.05, 3.63) is 83.0 Å². The molecule has 0 bridgehead atoms. The van der Waals surface area contributed by atoms with Crippen LogP contribution >= 0.6 is 11.9 Å². The topological polar surface area (TPSA) is 78.4 Å². The number of nitrogens with zero attached hydrogens (tertiary/aromatic N) is 3. The lowest BCUT2D eigenvalue weighted by molar-refractivity contribution is -0.0932. The molecule has 268 valence electrons. The van der Waals surface area contributed by atoms with E-state index in [9.17, 15) is 18.0 Å². The molecule has 1 aliphatic heterocycles. The maximum absolute atomic E-state index is 15.3. The number of carbonyl (C=O) groups excluding carboxylic acids is 1. The van der Waals surface area contributed by atoms with Crippen molar-refractivity contribution in [2.45, 2.75) is 70.2 Å². The van der Waals surface area contributed by atoms with Crippen LogP contribution in [-0.4, -0.2) is 79.8 Å². The van der Waals surface area contributed by atoms with E-state index in [2.05, 4.69) is 27.1 Å². The van der Waals surface area contributed by atoms with E-state index >= 15 is 4.39 Å². The van der Waals surface area contributed by atoms with E-state index in [-0.39, 0.29) is 28.9 Å². The van der Waals surface area contributed by atoms with E-state index in [0.717, 1.165) is 43.1 Å². The quantitative estimate of drug-likeness (QED) is 0.0581. The monoisotopic (exact) mass is 705 g/mol. The molecule has 49 heavy (non-hydrogen) atoms. The first-order valence-electron chi connectivity index (χ1n) is 16.6. The number of ether oxygens (including phenoxy) is 2. The zero-order valence-corrected chi connectivity index (χ0v) is 29.5. The molecule has 1 amide bonds. The molecule has 1 saturated heterocycles. The minimum absolute atomic E-state index is 0.0252. The summed E-state index contributed by atoms with van der Waals surface area (Å²) in [5.41, 5.74) is 0.662. The number of hydrogen-bond acceptors (Lipinski definition) is 7. The number of anilines is 1. The van der Waals surface area contributed by atoms with E-state index in [1.165, 1.54) is 57.7 Å². The highest BCUT2D eigenvalue weighted by Crippen LogP contribution is 2.41. The van der Waals surface area contributed by atoms with Gasteiger partial charge < -0.3 is 25.0 Å². The average molecular weight is 706 g/mol. The van der Waals surface area contributed by atoms with Crippen LogP contribution in [0.5, 0.6) is 5.75 Å². The second-order valence-corrected chi connectivity index (χ2v) is 13.2. The Morgan fingerprint density at radius 2 is 1.82 bits per heavy atom. The number of benzene rings is 2.